The van der Waals surface area contributed by atoms with Crippen molar-refractivity contribution in [1.82, 2.24) is 34.3 Å². The van der Waals surface area contributed by atoms with E-state index in [1.165, 1.54) is 23.5 Å². The summed E-state index contributed by atoms with van der Waals surface area (Å²) in [5, 5.41) is 18.4. The summed E-state index contributed by atoms with van der Waals surface area (Å²) >= 11 is 3.17. The first-order chi connectivity index (χ1) is 19.1. The number of aromatic nitrogens is 5. The van der Waals surface area contributed by atoms with Crippen LogP contribution in [0.15, 0.2) is 43.3 Å². The number of fused-ring (bicyclic) bond motifs is 1. The summed E-state index contributed by atoms with van der Waals surface area (Å²) < 4.78 is 5.28. The summed E-state index contributed by atoms with van der Waals surface area (Å²) in [4.78, 5) is 75.8. The van der Waals surface area contributed by atoms with E-state index in [0.29, 0.717) is 12.0 Å². The first-order valence-corrected chi connectivity index (χ1v) is 14.5. The molecule has 2 aromatic heterocycles. The highest BCUT2D eigenvalue weighted by molar-refractivity contribution is 8.01. The lowest BCUT2D eigenvalue weighted by molar-refractivity contribution is -0.150. The number of aliphatic carboxylic acids is 1. The van der Waals surface area contributed by atoms with Crippen molar-refractivity contribution in [3.05, 3.63) is 50.0 Å². The highest BCUT2D eigenvalue weighted by Gasteiger charge is 2.54. The Hall–Kier alpha value is -3.97. The molecule has 0 saturated carbocycles. The van der Waals surface area contributed by atoms with Gasteiger partial charge >= 0.3 is 17.1 Å². The Morgan fingerprint density at radius 1 is 1.35 bits per heavy atom. The van der Waals surface area contributed by atoms with Gasteiger partial charge in [0.2, 0.25) is 11.5 Å². The maximum absolute atomic E-state index is 13.2. The molecule has 2 unspecified atom stereocenters. The molecule has 19 heteroatoms. The molecule has 3 aliphatic rings. The highest BCUT2D eigenvalue weighted by Crippen LogP contribution is 2.41. The number of hydrogen-bond donors (Lipinski definition) is 4. The van der Waals surface area contributed by atoms with Crippen LogP contribution in [0.25, 0.3) is 0 Å². The number of H-pyrrole nitrogens is 1. The summed E-state index contributed by atoms with van der Waals surface area (Å²) in [7, 11) is 1.49. The van der Waals surface area contributed by atoms with Crippen LogP contribution in [-0.2, 0) is 26.3 Å². The Bertz CT molecular complexity index is 1590. The molecule has 3 atom stereocenters. The number of carbonyl (C=O) groups is 3. The normalized spacial score (nSPS) is 22.2. The number of amides is 2. The number of aromatic amines is 1. The Morgan fingerprint density at radius 3 is 2.83 bits per heavy atom. The SMILES string of the molecule is Cn1[nH]c(=O)c(=O)nc1SCC1=C(C(=O)O)N2C(=O)C(NC(=O)C(=NOC3C=CCC3)c3nsc(N)n3)[C@@H]2SC1. The van der Waals surface area contributed by atoms with E-state index in [4.69, 9.17) is 10.6 Å². The lowest BCUT2D eigenvalue weighted by Crippen LogP contribution is -2.71. The van der Waals surface area contributed by atoms with E-state index in [2.05, 4.69) is 29.9 Å². The number of β-lactam (4-membered cyclic amide) rings is 1. The van der Waals surface area contributed by atoms with Gasteiger partial charge in [-0.15, -0.1) is 11.8 Å². The van der Waals surface area contributed by atoms with E-state index >= 15 is 0 Å². The van der Waals surface area contributed by atoms with Crippen LogP contribution in [0.2, 0.25) is 0 Å². The molecule has 0 aromatic carbocycles. The van der Waals surface area contributed by atoms with E-state index in [0.717, 1.165) is 34.6 Å². The summed E-state index contributed by atoms with van der Waals surface area (Å²) in [5.74, 6) is -2.44. The minimum absolute atomic E-state index is 0.0578. The third-order valence-electron chi connectivity index (χ3n) is 5.98. The Labute approximate surface area is 236 Å². The van der Waals surface area contributed by atoms with Crippen LogP contribution in [0.5, 0.6) is 0 Å². The van der Waals surface area contributed by atoms with Crippen molar-refractivity contribution in [2.24, 2.45) is 12.2 Å². The number of allylic oxidation sites excluding steroid dienone is 1. The predicted molar refractivity (Wildman–Crippen MR) is 145 cm³/mol. The number of nitrogens with one attached hydrogen (secondary N) is 2. The smallest absolute Gasteiger partial charge is 0.352 e. The third kappa shape index (κ3) is 5.39. The highest BCUT2D eigenvalue weighted by atomic mass is 32.2. The van der Waals surface area contributed by atoms with Crippen molar-refractivity contribution < 1.29 is 24.3 Å². The van der Waals surface area contributed by atoms with Gasteiger partial charge in [0.15, 0.2) is 10.3 Å². The lowest BCUT2D eigenvalue weighted by Gasteiger charge is -2.49. The molecule has 210 valence electrons. The van der Waals surface area contributed by atoms with Crippen LogP contribution in [0.3, 0.4) is 0 Å². The van der Waals surface area contributed by atoms with Crippen LogP contribution in [0.1, 0.15) is 18.7 Å². The molecule has 4 heterocycles. The number of rotatable bonds is 9. The fourth-order valence-corrected chi connectivity index (χ4v) is 6.91. The third-order valence-corrected chi connectivity index (χ3v) is 8.97. The first kappa shape index (κ1) is 27.6. The molecule has 5 N–H and O–H groups in total. The Balaban J connectivity index is 1.32. The second kappa shape index (κ2) is 11.3. The number of carboxylic acids is 1. The molecule has 1 saturated heterocycles. The molecule has 2 amide bonds. The number of aryl methyl sites for hydroxylation is 1. The maximum Gasteiger partial charge on any atom is 0.352 e. The fourth-order valence-electron chi connectivity index (χ4n) is 4.07. The molecule has 16 nitrogen and oxygen atoms in total. The van der Waals surface area contributed by atoms with Crippen molar-refractivity contribution in [2.45, 2.75) is 35.5 Å². The van der Waals surface area contributed by atoms with E-state index in [-0.39, 0.29) is 45.1 Å². The van der Waals surface area contributed by atoms with E-state index in [1.807, 2.05) is 12.2 Å². The number of carboxylic acid groups (broad SMARTS) is 1. The second-order valence-electron chi connectivity index (χ2n) is 8.65. The van der Waals surface area contributed by atoms with E-state index < -0.39 is 40.3 Å². The molecule has 1 aliphatic carbocycles. The number of nitrogens with zero attached hydrogens (tertiary/aromatic N) is 6. The number of hydrogen-bond acceptors (Lipinski definition) is 14. The minimum Gasteiger partial charge on any atom is -0.477 e. The Kier molecular flexibility index (Phi) is 7.76. The summed E-state index contributed by atoms with van der Waals surface area (Å²) in [6.07, 6.45) is 4.94. The molecule has 0 bridgehead atoms. The van der Waals surface area contributed by atoms with Gasteiger partial charge in [0.25, 0.3) is 11.8 Å². The van der Waals surface area contributed by atoms with Crippen LogP contribution >= 0.6 is 35.1 Å². The molecule has 0 radical (unpaired) electrons. The largest absolute Gasteiger partial charge is 0.477 e. The van der Waals surface area contributed by atoms with E-state index in [1.54, 1.807) is 0 Å². The molecule has 2 aliphatic heterocycles. The van der Waals surface area contributed by atoms with Crippen molar-refractivity contribution >= 4 is 63.7 Å². The van der Waals surface area contributed by atoms with Crippen LogP contribution in [0, 0.1) is 0 Å². The minimum atomic E-state index is -1.32. The topological polar surface area (TPSA) is 228 Å². The second-order valence-corrected chi connectivity index (χ2v) is 11.5. The fraction of sp³-hybridized carbons (Fsp3) is 0.381. The van der Waals surface area contributed by atoms with Gasteiger partial charge in [-0.05, 0) is 24.5 Å². The van der Waals surface area contributed by atoms with Gasteiger partial charge in [0.1, 0.15) is 23.2 Å². The number of nitrogens with two attached hydrogens (primary N) is 1. The standard InChI is InChI=1S/C21H21N9O7S3/c1-29-21(25-15(32)16(33)26-29)39-7-8-6-38-18-11(17(34)30(18)12(8)19(35)36)23-14(31)10(13-24-20(22)40-28-13)27-37-9-4-2-3-5-9/h2,4,9,11,18H,3,5-7H2,1H3,(H,23,31)(H,26,33)(H,35,36)(H2,22,24,28)/t9?,11?,18-/m0/s1. The number of thioether (sulfide) groups is 2. The first-order valence-electron chi connectivity index (χ1n) is 11.6. The monoisotopic (exact) mass is 607 g/mol. The average molecular weight is 608 g/mol. The average Bonchev–Trinajstić information content (AvgIpc) is 3.60. The molecule has 5 rings (SSSR count). The quantitative estimate of drug-likeness (QED) is 0.0662. The molecule has 2 aromatic rings. The van der Waals surface area contributed by atoms with Crippen LogP contribution < -0.4 is 22.2 Å². The van der Waals surface area contributed by atoms with Gasteiger partial charge in [0, 0.05) is 30.1 Å². The predicted octanol–water partition coefficient (Wildman–Crippen LogP) is -1.13. The van der Waals surface area contributed by atoms with Crippen molar-refractivity contribution in [1.29, 1.82) is 0 Å². The Morgan fingerprint density at radius 2 is 2.15 bits per heavy atom. The van der Waals surface area contributed by atoms with Gasteiger partial charge in [-0.1, -0.05) is 23.0 Å². The van der Waals surface area contributed by atoms with Crippen molar-refractivity contribution in [2.75, 3.05) is 17.2 Å². The van der Waals surface area contributed by atoms with Gasteiger partial charge in [-0.2, -0.15) is 14.3 Å². The van der Waals surface area contributed by atoms with Crippen LogP contribution in [-0.4, -0.2) is 86.6 Å². The molecule has 1 fully saturated rings. The summed E-state index contributed by atoms with van der Waals surface area (Å²) in [6, 6.07) is -1.03. The molecule has 0 spiro atoms. The lowest BCUT2D eigenvalue weighted by atomic mass is 10.0. The number of oxime groups is 1. The zero-order valence-electron chi connectivity index (χ0n) is 20.6. The van der Waals surface area contributed by atoms with Gasteiger partial charge in [0.05, 0.1) is 0 Å². The summed E-state index contributed by atoms with van der Waals surface area (Å²) in [5.41, 5.74) is 3.77. The molecular formula is C21H21N9O7S3. The molecule has 40 heavy (non-hydrogen) atoms. The molecular weight excluding hydrogens is 586 g/mol. The van der Waals surface area contributed by atoms with Crippen molar-refractivity contribution in [3.8, 4) is 0 Å². The van der Waals surface area contributed by atoms with Crippen LogP contribution in [0.4, 0.5) is 5.13 Å². The number of nitrogen functional groups attached to an aromatic ring is 1. The van der Waals surface area contributed by atoms with Crippen molar-refractivity contribution in [3.63, 3.8) is 0 Å². The van der Waals surface area contributed by atoms with Gasteiger partial charge in [-0.25, -0.2) is 4.79 Å². The van der Waals surface area contributed by atoms with E-state index in [9.17, 15) is 29.1 Å². The summed E-state index contributed by atoms with van der Waals surface area (Å²) in [6.45, 7) is 0. The maximum atomic E-state index is 13.2. The zero-order chi connectivity index (χ0) is 28.6. The van der Waals surface area contributed by atoms with Gasteiger partial charge < -0.3 is 21.0 Å². The van der Waals surface area contributed by atoms with Gasteiger partial charge in [-0.3, -0.25) is 33.9 Å². The number of carbonyl (C=O) groups excluding carboxylic acids is 2. The number of anilines is 1. The zero-order valence-corrected chi connectivity index (χ0v) is 23.0.